The molecule has 0 fully saturated rings. The van der Waals surface area contributed by atoms with Crippen molar-refractivity contribution in [1.29, 1.82) is 0 Å². The Morgan fingerprint density at radius 1 is 1.24 bits per heavy atom. The van der Waals surface area contributed by atoms with Crippen molar-refractivity contribution < 1.29 is 4.79 Å². The van der Waals surface area contributed by atoms with Crippen molar-refractivity contribution in [2.75, 3.05) is 5.32 Å². The summed E-state index contributed by atoms with van der Waals surface area (Å²) in [6.07, 6.45) is 1.84. The van der Waals surface area contributed by atoms with E-state index in [1.165, 1.54) is 0 Å². The zero-order chi connectivity index (χ0) is 15.0. The number of aromatic nitrogens is 3. The number of imidazole rings is 1. The summed E-state index contributed by atoms with van der Waals surface area (Å²) < 4.78 is 1.77. The Hall–Kier alpha value is -2.40. The summed E-state index contributed by atoms with van der Waals surface area (Å²) in [6.45, 7) is 3.79. The predicted octanol–water partition coefficient (Wildman–Crippen LogP) is 3.25. The van der Waals surface area contributed by atoms with Gasteiger partial charge >= 0.3 is 0 Å². The fraction of sp³-hybridized carbons (Fsp3) is 0.133. The first-order valence-corrected chi connectivity index (χ1v) is 6.81. The number of anilines is 1. The Balaban J connectivity index is 2.00. The third-order valence-electron chi connectivity index (χ3n) is 3.13. The molecule has 0 saturated heterocycles. The Morgan fingerprint density at radius 2 is 2.05 bits per heavy atom. The third kappa shape index (κ3) is 2.60. The largest absolute Gasteiger partial charge is 0.305 e. The predicted molar refractivity (Wildman–Crippen MR) is 81.9 cm³/mol. The highest BCUT2D eigenvalue weighted by atomic mass is 35.5. The highest BCUT2D eigenvalue weighted by Gasteiger charge is 2.17. The zero-order valence-electron chi connectivity index (χ0n) is 11.6. The second-order valence-electron chi connectivity index (χ2n) is 4.78. The number of nitrogens with one attached hydrogen (secondary N) is 1. The quantitative estimate of drug-likeness (QED) is 0.739. The van der Waals surface area contributed by atoms with Crippen LogP contribution in [0.2, 0.25) is 5.15 Å². The molecule has 0 radical (unpaired) electrons. The summed E-state index contributed by atoms with van der Waals surface area (Å²) in [5.74, 6) is 0.146. The van der Waals surface area contributed by atoms with E-state index in [0.29, 0.717) is 22.4 Å². The molecule has 21 heavy (non-hydrogen) atoms. The second kappa shape index (κ2) is 5.18. The Labute approximate surface area is 126 Å². The van der Waals surface area contributed by atoms with E-state index >= 15 is 0 Å². The Morgan fingerprint density at radius 3 is 2.81 bits per heavy atom. The molecule has 0 aliphatic heterocycles. The van der Waals surface area contributed by atoms with Gasteiger partial charge in [0.05, 0.1) is 5.69 Å². The SMILES string of the molecule is Cc1ccn2c(C(=O)Nc3cccc(Cl)n3)c(C)nc2c1. The van der Waals surface area contributed by atoms with Crippen LogP contribution in [0.4, 0.5) is 5.82 Å². The number of hydrogen-bond donors (Lipinski definition) is 1. The van der Waals surface area contributed by atoms with Crippen LogP contribution in [0.15, 0.2) is 36.5 Å². The smallest absolute Gasteiger partial charge is 0.275 e. The minimum Gasteiger partial charge on any atom is -0.305 e. The normalized spacial score (nSPS) is 10.8. The number of nitrogens with zero attached hydrogens (tertiary/aromatic N) is 3. The number of fused-ring (bicyclic) bond motifs is 1. The van der Waals surface area contributed by atoms with E-state index < -0.39 is 0 Å². The highest BCUT2D eigenvalue weighted by Crippen LogP contribution is 2.16. The number of carbonyl (C=O) groups excluding carboxylic acids is 1. The maximum atomic E-state index is 12.5. The summed E-state index contributed by atoms with van der Waals surface area (Å²) in [5.41, 5.74) is 3.00. The maximum Gasteiger partial charge on any atom is 0.275 e. The number of rotatable bonds is 2. The van der Waals surface area contributed by atoms with Crippen molar-refractivity contribution >= 4 is 29.0 Å². The first kappa shape index (κ1) is 13.6. The lowest BCUT2D eigenvalue weighted by atomic mass is 10.3. The highest BCUT2D eigenvalue weighted by molar-refractivity contribution is 6.29. The second-order valence-corrected chi connectivity index (χ2v) is 5.17. The minimum absolute atomic E-state index is 0.265. The molecule has 0 bridgehead atoms. The molecule has 0 spiro atoms. The molecule has 0 aliphatic rings. The van der Waals surface area contributed by atoms with Gasteiger partial charge in [-0.15, -0.1) is 0 Å². The van der Waals surface area contributed by atoms with Crippen molar-refractivity contribution in [3.63, 3.8) is 0 Å². The molecule has 1 N–H and O–H groups in total. The van der Waals surface area contributed by atoms with Gasteiger partial charge in [0.2, 0.25) is 0 Å². The van der Waals surface area contributed by atoms with Gasteiger partial charge in [-0.2, -0.15) is 0 Å². The molecule has 0 atom stereocenters. The van der Waals surface area contributed by atoms with Gasteiger partial charge < -0.3 is 5.32 Å². The molecular formula is C15H13ClN4O. The minimum atomic E-state index is -0.265. The Kier molecular flexibility index (Phi) is 3.35. The molecule has 6 heteroatoms. The molecule has 0 unspecified atom stereocenters. The first-order chi connectivity index (χ1) is 10.0. The van der Waals surface area contributed by atoms with Gasteiger partial charge in [0.15, 0.2) is 0 Å². The van der Waals surface area contributed by atoms with Gasteiger partial charge in [-0.05, 0) is 43.7 Å². The molecule has 3 aromatic heterocycles. The fourth-order valence-corrected chi connectivity index (χ4v) is 2.35. The van der Waals surface area contributed by atoms with Gasteiger partial charge in [0.25, 0.3) is 5.91 Å². The van der Waals surface area contributed by atoms with Crippen LogP contribution in [0, 0.1) is 13.8 Å². The summed E-state index contributed by atoms with van der Waals surface area (Å²) in [7, 11) is 0. The number of pyridine rings is 2. The average Bonchev–Trinajstić information content (AvgIpc) is 2.73. The zero-order valence-corrected chi connectivity index (χ0v) is 12.3. The molecule has 0 aromatic carbocycles. The lowest BCUT2D eigenvalue weighted by molar-refractivity contribution is 0.102. The maximum absolute atomic E-state index is 12.5. The van der Waals surface area contributed by atoms with E-state index in [1.54, 1.807) is 22.6 Å². The summed E-state index contributed by atoms with van der Waals surface area (Å²) in [5, 5.41) is 3.07. The molecule has 106 valence electrons. The van der Waals surface area contributed by atoms with E-state index in [-0.39, 0.29) is 5.91 Å². The topological polar surface area (TPSA) is 59.3 Å². The molecule has 3 rings (SSSR count). The first-order valence-electron chi connectivity index (χ1n) is 6.44. The van der Waals surface area contributed by atoms with E-state index in [0.717, 1.165) is 11.2 Å². The van der Waals surface area contributed by atoms with Gasteiger partial charge in [0.1, 0.15) is 22.3 Å². The van der Waals surface area contributed by atoms with Crippen LogP contribution in [0.3, 0.4) is 0 Å². The van der Waals surface area contributed by atoms with Gasteiger partial charge in [-0.25, -0.2) is 9.97 Å². The molecule has 3 heterocycles. The standard InChI is InChI=1S/C15H13ClN4O/c1-9-6-7-20-13(8-9)17-10(2)14(20)15(21)19-12-5-3-4-11(16)18-12/h3-8H,1-2H3,(H,18,19,21). The van der Waals surface area contributed by atoms with Crippen LogP contribution >= 0.6 is 11.6 Å². The molecule has 0 aliphatic carbocycles. The van der Waals surface area contributed by atoms with Crippen LogP contribution in [-0.4, -0.2) is 20.3 Å². The van der Waals surface area contributed by atoms with Gasteiger partial charge in [-0.1, -0.05) is 17.7 Å². The monoisotopic (exact) mass is 300 g/mol. The number of carbonyl (C=O) groups is 1. The van der Waals surface area contributed by atoms with E-state index in [2.05, 4.69) is 15.3 Å². The van der Waals surface area contributed by atoms with Gasteiger partial charge in [-0.3, -0.25) is 9.20 Å². The lowest BCUT2D eigenvalue weighted by Gasteiger charge is -2.05. The van der Waals surface area contributed by atoms with E-state index in [1.807, 2.05) is 32.2 Å². The van der Waals surface area contributed by atoms with Crippen molar-refractivity contribution in [3.8, 4) is 0 Å². The average molecular weight is 301 g/mol. The van der Waals surface area contributed by atoms with Gasteiger partial charge in [0, 0.05) is 6.20 Å². The number of hydrogen-bond acceptors (Lipinski definition) is 3. The summed E-state index contributed by atoms with van der Waals surface area (Å²) in [6, 6.07) is 8.94. The third-order valence-corrected chi connectivity index (χ3v) is 3.34. The van der Waals surface area contributed by atoms with Crippen LogP contribution in [0.5, 0.6) is 0 Å². The fourth-order valence-electron chi connectivity index (χ4n) is 2.19. The number of halogens is 1. The van der Waals surface area contributed by atoms with E-state index in [9.17, 15) is 4.79 Å². The van der Waals surface area contributed by atoms with Crippen molar-refractivity contribution in [2.24, 2.45) is 0 Å². The molecule has 0 saturated carbocycles. The summed E-state index contributed by atoms with van der Waals surface area (Å²) in [4.78, 5) is 20.9. The van der Waals surface area contributed by atoms with Crippen molar-refractivity contribution in [3.05, 3.63) is 58.6 Å². The van der Waals surface area contributed by atoms with Crippen LogP contribution in [0.25, 0.3) is 5.65 Å². The van der Waals surface area contributed by atoms with Crippen LogP contribution < -0.4 is 5.32 Å². The Bertz CT molecular complexity index is 841. The van der Waals surface area contributed by atoms with E-state index in [4.69, 9.17) is 11.6 Å². The number of amides is 1. The number of aryl methyl sites for hydroxylation is 2. The molecule has 1 amide bonds. The van der Waals surface area contributed by atoms with Crippen molar-refractivity contribution in [1.82, 2.24) is 14.4 Å². The van der Waals surface area contributed by atoms with Crippen molar-refractivity contribution in [2.45, 2.75) is 13.8 Å². The van der Waals surface area contributed by atoms with Crippen LogP contribution in [0.1, 0.15) is 21.7 Å². The lowest BCUT2D eigenvalue weighted by Crippen LogP contribution is -2.16. The summed E-state index contributed by atoms with van der Waals surface area (Å²) >= 11 is 5.82. The molecule has 3 aromatic rings. The molecule has 5 nitrogen and oxygen atoms in total. The molecular weight excluding hydrogens is 288 g/mol. The van der Waals surface area contributed by atoms with Crippen LogP contribution in [-0.2, 0) is 0 Å².